The zero-order valence-electron chi connectivity index (χ0n) is 16.4. The highest BCUT2D eigenvalue weighted by Crippen LogP contribution is 2.30. The van der Waals surface area contributed by atoms with Gasteiger partial charge in [0.25, 0.3) is 5.91 Å². The Hall–Kier alpha value is -2.05. The minimum Gasteiger partial charge on any atom is -0.362 e. The number of halogens is 2. The Morgan fingerprint density at radius 1 is 1.11 bits per heavy atom. The van der Waals surface area contributed by atoms with E-state index in [1.54, 1.807) is 24.4 Å². The van der Waals surface area contributed by atoms with Crippen LogP contribution in [0.3, 0.4) is 0 Å². The summed E-state index contributed by atoms with van der Waals surface area (Å²) in [6, 6.07) is 4.84. The SMILES string of the molecule is Cc1cnc(NC2(NC(=O)c3cc(Cl)cc(Cl)c3)CCCCC2)nc1N(C)C. The third-order valence-electron chi connectivity index (χ3n) is 4.90. The molecule has 0 unspecified atom stereocenters. The molecule has 1 aromatic carbocycles. The first-order chi connectivity index (χ1) is 13.3. The number of benzene rings is 1. The fourth-order valence-corrected chi connectivity index (χ4v) is 4.10. The van der Waals surface area contributed by atoms with Gasteiger partial charge in [0, 0.05) is 41.5 Å². The molecule has 8 heteroatoms. The lowest BCUT2D eigenvalue weighted by atomic mass is 9.88. The van der Waals surface area contributed by atoms with Crippen molar-refractivity contribution in [1.82, 2.24) is 15.3 Å². The predicted molar refractivity (Wildman–Crippen MR) is 114 cm³/mol. The molecule has 0 saturated heterocycles. The largest absolute Gasteiger partial charge is 0.362 e. The topological polar surface area (TPSA) is 70.1 Å². The molecule has 2 aromatic rings. The fourth-order valence-electron chi connectivity index (χ4n) is 3.57. The van der Waals surface area contributed by atoms with E-state index >= 15 is 0 Å². The molecular weight excluding hydrogens is 397 g/mol. The number of hydrogen-bond donors (Lipinski definition) is 2. The second kappa shape index (κ2) is 8.53. The molecular formula is C20H25Cl2N5O. The number of carbonyl (C=O) groups is 1. The van der Waals surface area contributed by atoms with Crippen LogP contribution in [0.1, 0.15) is 48.0 Å². The summed E-state index contributed by atoms with van der Waals surface area (Å²) < 4.78 is 0. The standard InChI is InChI=1S/C20H25Cl2N5O/c1-13-12-23-19(24-17(13)27(2)3)26-20(7-5-4-6-8-20)25-18(28)14-9-15(21)11-16(22)10-14/h9-12H,4-8H2,1-3H3,(H,25,28)(H,23,24,26). The van der Waals surface area contributed by atoms with E-state index in [2.05, 4.69) is 20.6 Å². The van der Waals surface area contributed by atoms with Crippen molar-refractivity contribution in [3.63, 3.8) is 0 Å². The van der Waals surface area contributed by atoms with Crippen LogP contribution in [-0.2, 0) is 0 Å². The second-order valence-corrected chi connectivity index (χ2v) is 8.35. The molecule has 150 valence electrons. The molecule has 2 N–H and O–H groups in total. The van der Waals surface area contributed by atoms with Crippen LogP contribution in [-0.4, -0.2) is 35.6 Å². The Labute approximate surface area is 175 Å². The van der Waals surface area contributed by atoms with Gasteiger partial charge in [-0.1, -0.05) is 29.6 Å². The molecule has 1 saturated carbocycles. The molecule has 1 aliphatic rings. The molecule has 1 fully saturated rings. The van der Waals surface area contributed by atoms with Gasteiger partial charge in [0.15, 0.2) is 0 Å². The van der Waals surface area contributed by atoms with Crippen molar-refractivity contribution >= 4 is 40.9 Å². The van der Waals surface area contributed by atoms with Crippen LogP contribution in [0.5, 0.6) is 0 Å². The number of aromatic nitrogens is 2. The minimum atomic E-state index is -0.608. The van der Waals surface area contributed by atoms with Crippen LogP contribution in [0, 0.1) is 6.92 Å². The van der Waals surface area contributed by atoms with Crippen LogP contribution in [0.4, 0.5) is 11.8 Å². The summed E-state index contributed by atoms with van der Waals surface area (Å²) in [5.74, 6) is 1.12. The monoisotopic (exact) mass is 421 g/mol. The number of carbonyl (C=O) groups excluding carboxylic acids is 1. The van der Waals surface area contributed by atoms with Crippen molar-refractivity contribution in [2.75, 3.05) is 24.3 Å². The minimum absolute atomic E-state index is 0.223. The van der Waals surface area contributed by atoms with Crippen molar-refractivity contribution in [2.24, 2.45) is 0 Å². The maximum Gasteiger partial charge on any atom is 0.253 e. The Bertz CT molecular complexity index is 845. The molecule has 28 heavy (non-hydrogen) atoms. The van der Waals surface area contributed by atoms with E-state index < -0.39 is 5.66 Å². The summed E-state index contributed by atoms with van der Waals surface area (Å²) in [5, 5.41) is 7.42. The molecule has 6 nitrogen and oxygen atoms in total. The maximum atomic E-state index is 12.9. The van der Waals surface area contributed by atoms with E-state index in [-0.39, 0.29) is 5.91 Å². The van der Waals surface area contributed by atoms with Gasteiger partial charge in [0.2, 0.25) is 5.95 Å². The van der Waals surface area contributed by atoms with Gasteiger partial charge in [-0.3, -0.25) is 4.79 Å². The second-order valence-electron chi connectivity index (χ2n) is 7.47. The van der Waals surface area contributed by atoms with Crippen LogP contribution in [0.2, 0.25) is 10.0 Å². The van der Waals surface area contributed by atoms with Gasteiger partial charge < -0.3 is 15.5 Å². The molecule has 1 amide bonds. The van der Waals surface area contributed by atoms with E-state index in [9.17, 15) is 4.79 Å². The third kappa shape index (κ3) is 4.86. The molecule has 0 atom stereocenters. The number of nitrogens with zero attached hydrogens (tertiary/aromatic N) is 3. The zero-order chi connectivity index (χ0) is 20.3. The van der Waals surface area contributed by atoms with E-state index in [1.807, 2.05) is 25.9 Å². The molecule has 1 aromatic heterocycles. The summed E-state index contributed by atoms with van der Waals surface area (Å²) >= 11 is 12.1. The summed E-state index contributed by atoms with van der Waals surface area (Å²) in [6.07, 6.45) is 6.54. The van der Waals surface area contributed by atoms with E-state index in [0.717, 1.165) is 43.5 Å². The summed E-state index contributed by atoms with van der Waals surface area (Å²) in [5.41, 5.74) is 0.817. The maximum absolute atomic E-state index is 12.9. The Balaban J connectivity index is 1.86. The third-order valence-corrected chi connectivity index (χ3v) is 5.34. The number of amides is 1. The van der Waals surface area contributed by atoms with Gasteiger partial charge >= 0.3 is 0 Å². The Morgan fingerprint density at radius 2 is 1.75 bits per heavy atom. The lowest BCUT2D eigenvalue weighted by molar-refractivity contribution is 0.0888. The van der Waals surface area contributed by atoms with Crippen LogP contribution < -0.4 is 15.5 Å². The van der Waals surface area contributed by atoms with Gasteiger partial charge in [-0.15, -0.1) is 0 Å². The van der Waals surface area contributed by atoms with Gasteiger partial charge in [-0.2, -0.15) is 4.98 Å². The highest BCUT2D eigenvalue weighted by molar-refractivity contribution is 6.35. The molecule has 0 aliphatic heterocycles. The predicted octanol–water partition coefficient (Wildman–Crippen LogP) is 4.66. The average Bonchev–Trinajstić information content (AvgIpc) is 2.63. The molecule has 3 rings (SSSR count). The average molecular weight is 422 g/mol. The summed E-state index contributed by atoms with van der Waals surface area (Å²) in [4.78, 5) is 23.9. The number of nitrogens with one attached hydrogen (secondary N) is 2. The Morgan fingerprint density at radius 3 is 2.36 bits per heavy atom. The first-order valence-electron chi connectivity index (χ1n) is 9.36. The lowest BCUT2D eigenvalue weighted by Crippen LogP contribution is -2.55. The molecule has 0 bridgehead atoms. The number of anilines is 2. The molecule has 1 aliphatic carbocycles. The van der Waals surface area contributed by atoms with Crippen LogP contribution in [0.15, 0.2) is 24.4 Å². The normalized spacial score (nSPS) is 15.8. The fraction of sp³-hybridized carbons (Fsp3) is 0.450. The van der Waals surface area contributed by atoms with Crippen molar-refractivity contribution in [1.29, 1.82) is 0 Å². The van der Waals surface area contributed by atoms with Crippen molar-refractivity contribution in [2.45, 2.75) is 44.7 Å². The number of rotatable bonds is 5. The quantitative estimate of drug-likeness (QED) is 0.686. The molecule has 0 radical (unpaired) electrons. The van der Waals surface area contributed by atoms with Gasteiger partial charge in [-0.25, -0.2) is 4.98 Å². The van der Waals surface area contributed by atoms with Crippen molar-refractivity contribution < 1.29 is 4.79 Å². The number of aryl methyl sites for hydroxylation is 1. The van der Waals surface area contributed by atoms with E-state index in [0.29, 0.717) is 21.6 Å². The Kier molecular flexibility index (Phi) is 6.30. The van der Waals surface area contributed by atoms with E-state index in [4.69, 9.17) is 23.2 Å². The van der Waals surface area contributed by atoms with E-state index in [1.165, 1.54) is 0 Å². The van der Waals surface area contributed by atoms with Crippen LogP contribution >= 0.6 is 23.2 Å². The highest BCUT2D eigenvalue weighted by Gasteiger charge is 2.35. The number of hydrogen-bond acceptors (Lipinski definition) is 5. The summed E-state index contributed by atoms with van der Waals surface area (Å²) in [7, 11) is 3.89. The first kappa shape index (κ1) is 20.7. The molecule has 0 spiro atoms. The smallest absolute Gasteiger partial charge is 0.253 e. The van der Waals surface area contributed by atoms with Crippen LogP contribution in [0.25, 0.3) is 0 Å². The molecule has 1 heterocycles. The van der Waals surface area contributed by atoms with Gasteiger partial charge in [0.05, 0.1) is 0 Å². The highest BCUT2D eigenvalue weighted by atomic mass is 35.5. The zero-order valence-corrected chi connectivity index (χ0v) is 17.9. The first-order valence-corrected chi connectivity index (χ1v) is 10.1. The van der Waals surface area contributed by atoms with Crippen molar-refractivity contribution in [3.05, 3.63) is 45.6 Å². The lowest BCUT2D eigenvalue weighted by Gasteiger charge is -2.39. The van der Waals surface area contributed by atoms with Gasteiger partial charge in [0.1, 0.15) is 11.5 Å². The summed E-state index contributed by atoms with van der Waals surface area (Å²) in [6.45, 7) is 1.97. The van der Waals surface area contributed by atoms with Gasteiger partial charge in [-0.05, 0) is 50.8 Å². The van der Waals surface area contributed by atoms with Crippen molar-refractivity contribution in [3.8, 4) is 0 Å².